The molecular formula is C40H41N8O21P. The molecule has 0 amide bonds. The first-order chi connectivity index (χ1) is 33.5. The number of rotatable bonds is 23. The van der Waals surface area contributed by atoms with Gasteiger partial charge < -0.3 is 43.2 Å². The second kappa shape index (κ2) is 25.7. The lowest BCUT2D eigenvalue weighted by Crippen LogP contribution is -2.51. The Balaban J connectivity index is 1.38. The molecule has 0 unspecified atom stereocenters. The minimum absolute atomic E-state index is 0.107. The number of hydrogen-bond acceptors (Lipinski definition) is 22. The molecule has 0 saturated carbocycles. The Hall–Kier alpha value is -8.37. The van der Waals surface area contributed by atoms with E-state index in [0.717, 1.165) is 97.1 Å². The molecule has 1 aliphatic rings. The summed E-state index contributed by atoms with van der Waals surface area (Å²) in [6.07, 6.45) is -5.04. The van der Waals surface area contributed by atoms with Crippen molar-refractivity contribution in [1.29, 1.82) is 0 Å². The van der Waals surface area contributed by atoms with Crippen molar-refractivity contribution in [3.8, 4) is 23.0 Å². The van der Waals surface area contributed by atoms with Gasteiger partial charge in [0, 0.05) is 101 Å². The van der Waals surface area contributed by atoms with Gasteiger partial charge in [0.25, 0.3) is 30.3 Å². The Morgan fingerprint density at radius 1 is 0.457 bits per heavy atom. The number of nitro groups is 4. The van der Waals surface area contributed by atoms with E-state index in [-0.39, 0.29) is 85.0 Å². The lowest BCUT2D eigenvalue weighted by molar-refractivity contribution is -0.385. The third-order valence-electron chi connectivity index (χ3n) is 9.47. The van der Waals surface area contributed by atoms with Crippen LogP contribution in [0.4, 0.5) is 41.9 Å². The molecule has 1 aliphatic heterocycles. The molecule has 0 aromatic heterocycles. The van der Waals surface area contributed by atoms with E-state index < -0.39 is 78.3 Å². The van der Waals surface area contributed by atoms with Crippen molar-refractivity contribution in [3.05, 3.63) is 138 Å². The summed E-state index contributed by atoms with van der Waals surface area (Å²) in [4.78, 5) is 92.8. The van der Waals surface area contributed by atoms with Crippen molar-refractivity contribution in [1.82, 2.24) is 19.3 Å². The summed E-state index contributed by atoms with van der Waals surface area (Å²) >= 11 is 0. The van der Waals surface area contributed by atoms with Crippen LogP contribution in [0.25, 0.3) is 0 Å². The van der Waals surface area contributed by atoms with E-state index in [1.165, 1.54) is 9.34 Å². The minimum Gasteiger partial charge on any atom is -0.433 e. The van der Waals surface area contributed by atoms with Crippen LogP contribution in [0.5, 0.6) is 23.0 Å². The van der Waals surface area contributed by atoms with Gasteiger partial charge in [0.15, 0.2) is 0 Å². The molecule has 0 bridgehead atoms. The maximum Gasteiger partial charge on any atom is 0.513 e. The predicted molar refractivity (Wildman–Crippen MR) is 235 cm³/mol. The SMILES string of the molecule is O=C(OCCN(CCOC(=O)Oc1ccc([N+](=O)[O-])cc1)P(=O)(N1CCNCC1)N(CCOC(=O)Oc1ccc([N+](=O)[O-])cc1)CCOC(=O)Oc1ccc([N+](=O)[O-])cc1)Oc1ccc([N+](=O)[O-])cc1. The van der Waals surface area contributed by atoms with Gasteiger partial charge >= 0.3 is 24.6 Å². The average molecular weight is 1000 g/mol. The molecule has 372 valence electrons. The molecule has 4 aromatic carbocycles. The number of piperazine rings is 1. The fourth-order valence-electron chi connectivity index (χ4n) is 6.18. The predicted octanol–water partition coefficient (Wildman–Crippen LogP) is 6.10. The fourth-order valence-corrected chi connectivity index (χ4v) is 9.34. The number of hydrogen-bond donors (Lipinski definition) is 1. The van der Waals surface area contributed by atoms with Crippen LogP contribution in [-0.2, 0) is 23.5 Å². The summed E-state index contributed by atoms with van der Waals surface area (Å²) in [6.45, 7) is -2.89. The van der Waals surface area contributed by atoms with Crippen LogP contribution >= 0.6 is 7.59 Å². The van der Waals surface area contributed by atoms with E-state index in [1.54, 1.807) is 4.67 Å². The van der Waals surface area contributed by atoms with Crippen LogP contribution < -0.4 is 24.3 Å². The lowest BCUT2D eigenvalue weighted by atomic mass is 10.3. The summed E-state index contributed by atoms with van der Waals surface area (Å²) in [7, 11) is -4.30. The van der Waals surface area contributed by atoms with Crippen LogP contribution in [0.3, 0.4) is 0 Å². The topological polar surface area (TPSA) is 353 Å². The Morgan fingerprint density at radius 2 is 0.686 bits per heavy atom. The standard InChI is InChI=1S/C40H41N8O21P/c49-37(66-33-9-1-29(2-10-33)45(53)54)62-25-21-43(22-26-63-38(50)67-34-11-3-30(4-12-34)46(55)56)70(61,42-19-17-41-18-20-42)44(23-27-64-39(51)68-35-13-5-31(6-14-35)47(57)58)24-28-65-40(52)69-36-15-7-32(8-16-36)48(59)60/h1-16,41H,17-28H2. The number of carbonyl (C=O) groups is 4. The third kappa shape index (κ3) is 15.9. The van der Waals surface area contributed by atoms with E-state index in [0.29, 0.717) is 13.1 Å². The molecule has 0 aliphatic carbocycles. The molecule has 1 fully saturated rings. The second-order valence-corrected chi connectivity index (χ2v) is 16.7. The highest BCUT2D eigenvalue weighted by Gasteiger charge is 2.43. The maximum absolute atomic E-state index is 16.0. The molecule has 1 heterocycles. The molecule has 5 rings (SSSR count). The molecule has 0 spiro atoms. The molecular weight excluding hydrogens is 959 g/mol. The minimum atomic E-state index is -4.30. The number of nitrogens with zero attached hydrogens (tertiary/aromatic N) is 7. The van der Waals surface area contributed by atoms with Crippen molar-refractivity contribution in [3.63, 3.8) is 0 Å². The normalized spacial score (nSPS) is 12.5. The van der Waals surface area contributed by atoms with Crippen molar-refractivity contribution < 1.29 is 81.3 Å². The summed E-state index contributed by atoms with van der Waals surface area (Å²) in [5.74, 6) is -0.429. The van der Waals surface area contributed by atoms with E-state index in [9.17, 15) is 59.6 Å². The van der Waals surface area contributed by atoms with Gasteiger partial charge in [-0.1, -0.05) is 0 Å². The van der Waals surface area contributed by atoms with Gasteiger partial charge in [-0.3, -0.25) is 45.0 Å². The molecule has 30 heteroatoms. The highest BCUT2D eigenvalue weighted by Crippen LogP contribution is 2.56. The van der Waals surface area contributed by atoms with E-state index in [1.807, 2.05) is 0 Å². The first-order valence-electron chi connectivity index (χ1n) is 20.4. The Bertz CT molecular complexity index is 2210. The summed E-state index contributed by atoms with van der Waals surface area (Å²) in [6, 6.07) is 18.0. The van der Waals surface area contributed by atoms with Crippen molar-refractivity contribution in [2.75, 3.05) is 78.8 Å². The van der Waals surface area contributed by atoms with Gasteiger partial charge in [0.05, 0.1) is 19.7 Å². The van der Waals surface area contributed by atoms with Crippen LogP contribution in [-0.4, -0.2) is 137 Å². The number of nitro benzene ring substituents is 4. The van der Waals surface area contributed by atoms with Crippen LogP contribution in [0.1, 0.15) is 0 Å². The van der Waals surface area contributed by atoms with Gasteiger partial charge in [-0.05, 0) is 48.5 Å². The quantitative estimate of drug-likeness (QED) is 0.0219. The second-order valence-electron chi connectivity index (χ2n) is 13.9. The van der Waals surface area contributed by atoms with E-state index in [4.69, 9.17) is 37.9 Å². The van der Waals surface area contributed by atoms with Crippen molar-refractivity contribution in [2.24, 2.45) is 0 Å². The Morgan fingerprint density at radius 3 is 0.900 bits per heavy atom. The first kappa shape index (κ1) is 52.6. The zero-order chi connectivity index (χ0) is 50.6. The summed E-state index contributed by atoms with van der Waals surface area (Å²) in [5, 5.41) is 47.4. The van der Waals surface area contributed by atoms with Crippen molar-refractivity contribution in [2.45, 2.75) is 0 Å². The number of non-ortho nitro benzene ring substituents is 4. The van der Waals surface area contributed by atoms with Crippen LogP contribution in [0.2, 0.25) is 0 Å². The van der Waals surface area contributed by atoms with E-state index in [2.05, 4.69) is 5.32 Å². The Labute approximate surface area is 394 Å². The van der Waals surface area contributed by atoms with Gasteiger partial charge in [0.1, 0.15) is 49.4 Å². The molecule has 29 nitrogen and oxygen atoms in total. The van der Waals surface area contributed by atoms with Gasteiger partial charge in [0.2, 0.25) is 0 Å². The first-order valence-corrected chi connectivity index (χ1v) is 22.0. The van der Waals surface area contributed by atoms with Gasteiger partial charge in [-0.15, -0.1) is 0 Å². The fraction of sp³-hybridized carbons (Fsp3) is 0.300. The number of benzene rings is 4. The maximum atomic E-state index is 16.0. The number of carbonyl (C=O) groups excluding carboxylic acids is 4. The monoisotopic (exact) mass is 1000 g/mol. The zero-order valence-corrected chi connectivity index (χ0v) is 37.3. The number of ether oxygens (including phenoxy) is 8. The molecule has 70 heavy (non-hydrogen) atoms. The van der Waals surface area contributed by atoms with Gasteiger partial charge in [-0.2, -0.15) is 0 Å². The van der Waals surface area contributed by atoms with Gasteiger partial charge in [-0.25, -0.2) is 33.2 Å². The summed E-state index contributed by atoms with van der Waals surface area (Å²) < 4.78 is 61.9. The Kier molecular flexibility index (Phi) is 19.3. The average Bonchev–Trinajstić information content (AvgIpc) is 3.33. The van der Waals surface area contributed by atoms with Crippen LogP contribution in [0, 0.1) is 40.5 Å². The van der Waals surface area contributed by atoms with Crippen molar-refractivity contribution >= 4 is 55.0 Å². The smallest absolute Gasteiger partial charge is 0.433 e. The zero-order valence-electron chi connectivity index (χ0n) is 36.4. The number of nitrogens with one attached hydrogen (secondary N) is 1. The largest absolute Gasteiger partial charge is 0.513 e. The van der Waals surface area contributed by atoms with Crippen LogP contribution in [0.15, 0.2) is 97.1 Å². The van der Waals surface area contributed by atoms with E-state index >= 15 is 4.57 Å². The molecule has 0 radical (unpaired) electrons. The lowest BCUT2D eigenvalue weighted by Gasteiger charge is -2.46. The molecule has 4 aromatic rings. The highest BCUT2D eigenvalue weighted by atomic mass is 31.2. The molecule has 0 atom stereocenters. The third-order valence-corrected chi connectivity index (χ3v) is 12.9. The summed E-state index contributed by atoms with van der Waals surface area (Å²) in [5.41, 5.74) is -1.10. The molecule has 1 saturated heterocycles. The highest BCUT2D eigenvalue weighted by molar-refractivity contribution is 7.56. The molecule has 1 N–H and O–H groups in total.